The van der Waals surface area contributed by atoms with Crippen LogP contribution in [0.4, 0.5) is 13.2 Å². The van der Waals surface area contributed by atoms with Gasteiger partial charge in [0.1, 0.15) is 17.3 Å². The highest BCUT2D eigenvalue weighted by atomic mass is 32.2. The highest BCUT2D eigenvalue weighted by Gasteiger charge is 2.60. The molecule has 11 heteroatoms. The predicted molar refractivity (Wildman–Crippen MR) is 136 cm³/mol. The molecule has 1 spiro atoms. The van der Waals surface area contributed by atoms with Crippen molar-refractivity contribution in [2.75, 3.05) is 20.2 Å². The fraction of sp³-hybridized carbons (Fsp3) is 0.423. The van der Waals surface area contributed by atoms with Gasteiger partial charge in [-0.2, -0.15) is 30.6 Å². The zero-order valence-electron chi connectivity index (χ0n) is 20.1. The van der Waals surface area contributed by atoms with E-state index in [-0.39, 0.29) is 18.4 Å². The number of benzene rings is 2. The lowest BCUT2D eigenvalue weighted by Gasteiger charge is -2.33. The molecule has 196 valence electrons. The molecule has 3 aromatic rings. The second-order valence-corrected chi connectivity index (χ2v) is 12.9. The third kappa shape index (κ3) is 4.45. The summed E-state index contributed by atoms with van der Waals surface area (Å²) in [6, 6.07) is 14.0. The average Bonchev–Trinajstić information content (AvgIpc) is 3.48. The third-order valence-electron chi connectivity index (χ3n) is 8.04. The minimum atomic E-state index is -4.58. The van der Waals surface area contributed by atoms with Gasteiger partial charge < -0.3 is 4.74 Å². The molecule has 2 fully saturated rings. The van der Waals surface area contributed by atoms with Crippen LogP contribution in [-0.4, -0.2) is 49.6 Å². The summed E-state index contributed by atoms with van der Waals surface area (Å²) in [5, 5.41) is 0.885. The fourth-order valence-corrected chi connectivity index (χ4v) is 8.90. The van der Waals surface area contributed by atoms with Gasteiger partial charge in [-0.15, -0.1) is 11.3 Å². The second kappa shape index (κ2) is 8.79. The number of ether oxygens (including phenoxy) is 1. The second-order valence-electron chi connectivity index (χ2n) is 10.2. The number of aromatic nitrogens is 1. The Balaban J connectivity index is 1.27. The lowest BCUT2D eigenvalue weighted by atomic mass is 9.79. The first-order valence-corrected chi connectivity index (χ1v) is 14.4. The lowest BCUT2D eigenvalue weighted by Crippen LogP contribution is -2.52. The van der Waals surface area contributed by atoms with Crippen molar-refractivity contribution >= 4 is 21.5 Å². The smallest absolute Gasteiger partial charge is 0.402 e. The minimum absolute atomic E-state index is 0.0425. The Labute approximate surface area is 217 Å². The largest absolute Gasteiger partial charge is 0.497 e. The number of hydrogen-bond donors (Lipinski definition) is 1. The summed E-state index contributed by atoms with van der Waals surface area (Å²) in [5.41, 5.74) is 3.43. The first kappa shape index (κ1) is 24.8. The number of halogens is 3. The number of methoxy groups -OCH3 is 1. The molecule has 37 heavy (non-hydrogen) atoms. The Morgan fingerprint density at radius 3 is 2.43 bits per heavy atom. The lowest BCUT2D eigenvalue weighted by molar-refractivity contribution is -0.136. The van der Waals surface area contributed by atoms with Crippen LogP contribution in [0.5, 0.6) is 5.75 Å². The zero-order valence-corrected chi connectivity index (χ0v) is 21.7. The number of fused-ring (bicyclic) bond motifs is 1. The summed E-state index contributed by atoms with van der Waals surface area (Å²) in [7, 11) is -2.56. The minimum Gasteiger partial charge on any atom is -0.497 e. The Morgan fingerprint density at radius 2 is 1.76 bits per heavy atom. The molecule has 6 nitrogen and oxygen atoms in total. The van der Waals surface area contributed by atoms with Crippen LogP contribution < -0.4 is 9.46 Å². The molecule has 1 saturated carbocycles. The summed E-state index contributed by atoms with van der Waals surface area (Å²) in [4.78, 5) is 5.68. The van der Waals surface area contributed by atoms with Crippen molar-refractivity contribution in [2.45, 2.75) is 37.4 Å². The van der Waals surface area contributed by atoms with Crippen molar-refractivity contribution in [2.24, 2.45) is 11.8 Å². The van der Waals surface area contributed by atoms with Gasteiger partial charge >= 0.3 is 6.18 Å². The average molecular weight is 550 g/mol. The Kier molecular flexibility index (Phi) is 5.90. The van der Waals surface area contributed by atoms with Crippen LogP contribution in [0.25, 0.3) is 21.0 Å². The standard InChI is InChI=1S/C26H26F3N3O3S2/c1-35-22-8-4-16(5-9-22)23-13-30-24(36-23)18-3-2-17-11-20-6-7-21(12-19(17)10-18)25(20)14-32(15-26(27,28)29)37(33,34)31-25/h2-5,8-10,13,20-21,31H,6-7,11-12,14-15H2,1H3/t20-,21+,25-/m1/s1. The molecule has 1 aliphatic heterocycles. The molecule has 0 unspecified atom stereocenters. The Hall–Kier alpha value is -2.47. The van der Waals surface area contributed by atoms with E-state index >= 15 is 0 Å². The van der Waals surface area contributed by atoms with E-state index in [1.807, 2.05) is 36.5 Å². The van der Waals surface area contributed by atoms with Crippen molar-refractivity contribution in [3.63, 3.8) is 0 Å². The van der Waals surface area contributed by atoms with E-state index in [4.69, 9.17) is 4.74 Å². The molecule has 0 amide bonds. The summed E-state index contributed by atoms with van der Waals surface area (Å²) in [6.07, 6.45) is 0.122. The maximum atomic E-state index is 13.1. The van der Waals surface area contributed by atoms with Crippen molar-refractivity contribution in [3.8, 4) is 26.8 Å². The first-order valence-electron chi connectivity index (χ1n) is 12.1. The van der Waals surface area contributed by atoms with E-state index in [1.54, 1.807) is 18.4 Å². The molecule has 2 aromatic carbocycles. The molecule has 0 radical (unpaired) electrons. The van der Waals surface area contributed by atoms with Gasteiger partial charge in [-0.1, -0.05) is 12.1 Å². The van der Waals surface area contributed by atoms with Crippen LogP contribution >= 0.6 is 11.3 Å². The SMILES string of the molecule is COc1ccc(-c2cnc(-c3ccc4c(c3)C[C@@H]3CC[C@H](C4)[C@]34CN(CC(F)(F)F)S(=O)(=O)N4)s2)cc1. The number of nitrogens with zero attached hydrogens (tertiary/aromatic N) is 2. The van der Waals surface area contributed by atoms with Crippen LogP contribution in [0.3, 0.4) is 0 Å². The van der Waals surface area contributed by atoms with Gasteiger partial charge in [0.25, 0.3) is 10.2 Å². The van der Waals surface area contributed by atoms with Gasteiger partial charge in [-0.25, -0.2) is 4.98 Å². The van der Waals surface area contributed by atoms with E-state index < -0.39 is 28.5 Å². The normalized spacial score (nSPS) is 26.8. The molecule has 1 N–H and O–H groups in total. The third-order valence-corrected chi connectivity index (χ3v) is 10.7. The van der Waals surface area contributed by atoms with Gasteiger partial charge in [0, 0.05) is 18.3 Å². The Bertz CT molecular complexity index is 1440. The number of nitrogens with one attached hydrogen (secondary N) is 1. The van der Waals surface area contributed by atoms with Gasteiger partial charge in [0.05, 0.1) is 17.5 Å². The number of rotatable bonds is 4. The van der Waals surface area contributed by atoms with E-state index in [0.717, 1.165) is 50.7 Å². The molecule has 1 saturated heterocycles. The molecule has 3 aliphatic rings. The highest BCUT2D eigenvalue weighted by Crippen LogP contribution is 2.51. The van der Waals surface area contributed by atoms with Gasteiger partial charge in [-0.3, -0.25) is 0 Å². The maximum Gasteiger partial charge on any atom is 0.402 e. The fourth-order valence-electron chi connectivity index (χ4n) is 6.27. The number of hydrogen-bond acceptors (Lipinski definition) is 5. The van der Waals surface area contributed by atoms with Crippen molar-refractivity contribution in [1.29, 1.82) is 0 Å². The van der Waals surface area contributed by atoms with E-state index in [0.29, 0.717) is 17.1 Å². The Morgan fingerprint density at radius 1 is 1.08 bits per heavy atom. The first-order chi connectivity index (χ1) is 17.6. The quantitative estimate of drug-likeness (QED) is 0.494. The maximum absolute atomic E-state index is 13.1. The zero-order chi connectivity index (χ0) is 26.0. The molecule has 2 heterocycles. The van der Waals surface area contributed by atoms with Crippen LogP contribution in [-0.2, 0) is 23.1 Å². The molecular formula is C26H26F3N3O3S2. The number of alkyl halides is 3. The molecular weight excluding hydrogens is 523 g/mol. The topological polar surface area (TPSA) is 71.5 Å². The van der Waals surface area contributed by atoms with Crippen LogP contribution in [0, 0.1) is 11.8 Å². The van der Waals surface area contributed by atoms with E-state index in [1.165, 1.54) is 0 Å². The molecule has 2 aliphatic carbocycles. The van der Waals surface area contributed by atoms with Crippen molar-refractivity contribution < 1.29 is 26.3 Å². The predicted octanol–water partition coefficient (Wildman–Crippen LogP) is 5.06. The van der Waals surface area contributed by atoms with Gasteiger partial charge in [0.15, 0.2) is 0 Å². The molecule has 6 rings (SSSR count). The van der Waals surface area contributed by atoms with E-state index in [2.05, 4.69) is 21.8 Å². The molecule has 2 bridgehead atoms. The van der Waals surface area contributed by atoms with Crippen LogP contribution in [0.15, 0.2) is 48.7 Å². The molecule has 3 atom stereocenters. The number of thiazole rings is 1. The summed E-state index contributed by atoms with van der Waals surface area (Å²) in [6.45, 7) is -1.59. The van der Waals surface area contributed by atoms with Crippen molar-refractivity contribution in [3.05, 3.63) is 59.8 Å². The van der Waals surface area contributed by atoms with Gasteiger partial charge in [-0.05, 0) is 84.5 Å². The monoisotopic (exact) mass is 549 g/mol. The summed E-state index contributed by atoms with van der Waals surface area (Å²) < 4.78 is 73.3. The van der Waals surface area contributed by atoms with Crippen LogP contribution in [0.2, 0.25) is 0 Å². The molecule has 1 aromatic heterocycles. The van der Waals surface area contributed by atoms with E-state index in [9.17, 15) is 21.6 Å². The highest BCUT2D eigenvalue weighted by molar-refractivity contribution is 7.87. The van der Waals surface area contributed by atoms with Gasteiger partial charge in [0.2, 0.25) is 0 Å². The van der Waals surface area contributed by atoms with Crippen molar-refractivity contribution in [1.82, 2.24) is 14.0 Å². The summed E-state index contributed by atoms with van der Waals surface area (Å²) in [5.74, 6) is 0.685. The summed E-state index contributed by atoms with van der Waals surface area (Å²) >= 11 is 1.59. The van der Waals surface area contributed by atoms with Crippen LogP contribution in [0.1, 0.15) is 24.0 Å².